The Morgan fingerprint density at radius 2 is 1.11 bits per heavy atom. The van der Waals surface area contributed by atoms with Crippen LogP contribution >= 0.6 is 0 Å². The molecule has 7 amide bonds. The minimum absolute atomic E-state index is 0.0409. The van der Waals surface area contributed by atoms with E-state index >= 15 is 0 Å². The molecule has 0 aromatic heterocycles. The highest BCUT2D eigenvalue weighted by molar-refractivity contribution is 6.12. The molecule has 1 aromatic rings. The molecule has 300 valence electrons. The molecule has 1 unspecified atom stereocenters. The van der Waals surface area contributed by atoms with Crippen molar-refractivity contribution in [3.63, 3.8) is 0 Å². The minimum Gasteiger partial charge on any atom is -0.492 e. The lowest BCUT2D eigenvalue weighted by molar-refractivity contribution is -0.137. The average Bonchev–Trinajstić information content (AvgIpc) is 3.48. The van der Waals surface area contributed by atoms with Crippen molar-refractivity contribution in [1.82, 2.24) is 31.5 Å². The van der Waals surface area contributed by atoms with Crippen LogP contribution in [-0.2, 0) is 24.0 Å². The Morgan fingerprint density at radius 3 is 1.61 bits per heavy atom. The van der Waals surface area contributed by atoms with Crippen LogP contribution in [0.15, 0.2) is 30.4 Å². The molecule has 0 bridgehead atoms. The van der Waals surface area contributed by atoms with E-state index in [1.54, 1.807) is 0 Å². The first-order valence-electron chi connectivity index (χ1n) is 18.6. The van der Waals surface area contributed by atoms with Crippen molar-refractivity contribution in [2.75, 3.05) is 59.0 Å². The first kappa shape index (κ1) is 45.2. The number of hydrogen-bond acceptors (Lipinski definition) is 12. The molecule has 2 atom stereocenters. The number of ether oxygens (including phenoxy) is 1. The molecule has 2 rings (SSSR count). The largest absolute Gasteiger partial charge is 0.492 e. The zero-order valence-electron chi connectivity index (χ0n) is 31.0. The number of carbonyl (C=O) groups excluding carboxylic acids is 7. The molecule has 0 saturated carbocycles. The van der Waals surface area contributed by atoms with Crippen LogP contribution in [0.1, 0.15) is 84.9 Å². The topological polar surface area (TPSA) is 296 Å². The van der Waals surface area contributed by atoms with Crippen molar-refractivity contribution < 1.29 is 38.3 Å². The Bertz CT molecular complexity index is 1360. The number of nitrogens with zero attached hydrogens (tertiary/aromatic N) is 1. The fraction of sp³-hybridized carbons (Fsp3) is 0.583. The van der Waals surface area contributed by atoms with E-state index in [9.17, 15) is 33.6 Å². The van der Waals surface area contributed by atoms with Gasteiger partial charge in [0.2, 0.25) is 17.7 Å². The molecule has 1 aliphatic rings. The molecule has 0 saturated heterocycles. The SMILES string of the molecule is NCCCCC(N)C(=O)NCCNC(=O)c1cc(OCCNC(=O)CCCCCN2C(=O)C=CC2=O)cc(C(=O)NCCNC(=O)[C@@H](N)CCCCN)c1. The smallest absolute Gasteiger partial charge is 0.253 e. The molecule has 13 N–H and O–H groups in total. The molecule has 1 aliphatic heterocycles. The summed E-state index contributed by atoms with van der Waals surface area (Å²) in [5.74, 6) is -2.36. The molecule has 0 spiro atoms. The van der Waals surface area contributed by atoms with Crippen LogP contribution in [0.2, 0.25) is 0 Å². The summed E-state index contributed by atoms with van der Waals surface area (Å²) in [6, 6.07) is 2.95. The molecule has 54 heavy (non-hydrogen) atoms. The number of nitrogens with two attached hydrogens (primary N) is 4. The lowest BCUT2D eigenvalue weighted by Gasteiger charge is -2.14. The summed E-state index contributed by atoms with van der Waals surface area (Å²) in [5.41, 5.74) is 23.0. The Morgan fingerprint density at radius 1 is 0.611 bits per heavy atom. The Hall–Kier alpha value is -4.91. The molecular weight excluding hydrogens is 700 g/mol. The monoisotopic (exact) mass is 758 g/mol. The van der Waals surface area contributed by atoms with Crippen LogP contribution in [0.25, 0.3) is 0 Å². The summed E-state index contributed by atoms with van der Waals surface area (Å²) in [6.07, 6.45) is 8.54. The van der Waals surface area contributed by atoms with Crippen molar-refractivity contribution in [3.8, 4) is 5.75 Å². The standard InChI is InChI=1S/C36H58N10O8/c37-13-5-3-8-28(39)35(52)44-17-15-42-33(50)25-22-26(34(51)43-16-18-45-36(53)29(40)9-4-6-14-38)24-27(23-25)54-21-19-41-30(47)10-2-1-7-20-46-31(48)11-12-32(46)49/h11-12,22-24,28-29H,1-10,13-21,37-40H2,(H,41,47)(H,42,50)(H,43,51)(H,44,52)(H,45,53)/t28-,29?/m0/s1. The van der Waals surface area contributed by atoms with Crippen molar-refractivity contribution >= 4 is 41.4 Å². The number of carbonyl (C=O) groups is 7. The van der Waals surface area contributed by atoms with E-state index in [1.807, 2.05) is 0 Å². The highest BCUT2D eigenvalue weighted by Gasteiger charge is 2.22. The van der Waals surface area contributed by atoms with Gasteiger partial charge in [-0.25, -0.2) is 0 Å². The van der Waals surface area contributed by atoms with Crippen LogP contribution in [0.4, 0.5) is 0 Å². The van der Waals surface area contributed by atoms with E-state index in [2.05, 4.69) is 26.6 Å². The second-order valence-corrected chi connectivity index (χ2v) is 12.8. The molecule has 1 heterocycles. The molecule has 1 aromatic carbocycles. The highest BCUT2D eigenvalue weighted by Crippen LogP contribution is 2.18. The van der Waals surface area contributed by atoms with Crippen LogP contribution in [0, 0.1) is 0 Å². The second-order valence-electron chi connectivity index (χ2n) is 12.8. The molecule has 18 heteroatoms. The number of imide groups is 1. The van der Waals surface area contributed by atoms with E-state index in [-0.39, 0.29) is 92.2 Å². The maximum atomic E-state index is 13.1. The van der Waals surface area contributed by atoms with Gasteiger partial charge in [-0.15, -0.1) is 0 Å². The number of unbranched alkanes of at least 4 members (excludes halogenated alkanes) is 4. The number of nitrogens with one attached hydrogen (secondary N) is 5. The van der Waals surface area contributed by atoms with Crippen LogP contribution < -0.4 is 54.3 Å². The number of benzene rings is 1. The molecule has 18 nitrogen and oxygen atoms in total. The quantitative estimate of drug-likeness (QED) is 0.0340. The van der Waals surface area contributed by atoms with Crippen molar-refractivity contribution in [2.45, 2.75) is 76.3 Å². The third kappa shape index (κ3) is 17.7. The van der Waals surface area contributed by atoms with E-state index in [4.69, 9.17) is 27.7 Å². The van der Waals surface area contributed by atoms with Crippen LogP contribution in [-0.4, -0.2) is 117 Å². The van der Waals surface area contributed by atoms with Gasteiger partial charge in [0.25, 0.3) is 23.6 Å². The van der Waals surface area contributed by atoms with Gasteiger partial charge in [-0.05, 0) is 69.8 Å². The first-order valence-corrected chi connectivity index (χ1v) is 18.6. The van der Waals surface area contributed by atoms with Gasteiger partial charge in [0.15, 0.2) is 0 Å². The zero-order valence-corrected chi connectivity index (χ0v) is 31.0. The summed E-state index contributed by atoms with van der Waals surface area (Å²) >= 11 is 0. The normalized spacial score (nSPS) is 13.3. The van der Waals surface area contributed by atoms with Gasteiger partial charge in [-0.1, -0.05) is 19.3 Å². The summed E-state index contributed by atoms with van der Waals surface area (Å²) in [6.45, 7) is 2.00. The van der Waals surface area contributed by atoms with Gasteiger partial charge in [0.05, 0.1) is 18.6 Å². The van der Waals surface area contributed by atoms with Crippen molar-refractivity contribution in [2.24, 2.45) is 22.9 Å². The van der Waals surface area contributed by atoms with E-state index < -0.39 is 23.9 Å². The van der Waals surface area contributed by atoms with Crippen molar-refractivity contribution in [3.05, 3.63) is 41.5 Å². The predicted molar refractivity (Wildman–Crippen MR) is 202 cm³/mol. The molecular formula is C36H58N10O8. The highest BCUT2D eigenvalue weighted by atomic mass is 16.5. The molecule has 0 aliphatic carbocycles. The van der Waals surface area contributed by atoms with Gasteiger partial charge in [0, 0.05) is 62.4 Å². The maximum Gasteiger partial charge on any atom is 0.253 e. The maximum absolute atomic E-state index is 13.1. The fourth-order valence-electron chi connectivity index (χ4n) is 5.25. The number of hydrogen-bond donors (Lipinski definition) is 9. The van der Waals surface area contributed by atoms with Crippen molar-refractivity contribution in [1.29, 1.82) is 0 Å². The van der Waals surface area contributed by atoms with Gasteiger partial charge in [-0.3, -0.25) is 38.5 Å². The first-order chi connectivity index (χ1) is 26.0. The van der Waals surface area contributed by atoms with E-state index in [0.717, 1.165) is 25.7 Å². The number of rotatable bonds is 28. The zero-order chi connectivity index (χ0) is 39.7. The Balaban J connectivity index is 1.89. The third-order valence-electron chi connectivity index (χ3n) is 8.34. The summed E-state index contributed by atoms with van der Waals surface area (Å²) in [5, 5.41) is 13.5. The van der Waals surface area contributed by atoms with Crippen LogP contribution in [0.5, 0.6) is 5.75 Å². The Kier molecular flexibility index (Phi) is 21.8. The summed E-state index contributed by atoms with van der Waals surface area (Å²) in [7, 11) is 0. The number of amides is 7. The Labute approximate surface area is 316 Å². The van der Waals surface area contributed by atoms with E-state index in [1.165, 1.54) is 35.3 Å². The summed E-state index contributed by atoms with van der Waals surface area (Å²) in [4.78, 5) is 87.4. The third-order valence-corrected chi connectivity index (χ3v) is 8.34. The van der Waals surface area contributed by atoms with Gasteiger partial charge in [-0.2, -0.15) is 0 Å². The van der Waals surface area contributed by atoms with Gasteiger partial charge in [0.1, 0.15) is 12.4 Å². The fourth-order valence-corrected chi connectivity index (χ4v) is 5.25. The molecule has 0 fully saturated rings. The summed E-state index contributed by atoms with van der Waals surface area (Å²) < 4.78 is 5.80. The van der Waals surface area contributed by atoms with Crippen LogP contribution in [0.3, 0.4) is 0 Å². The average molecular weight is 759 g/mol. The second kappa shape index (κ2) is 26.0. The predicted octanol–water partition coefficient (Wildman–Crippen LogP) is -1.73. The molecule has 0 radical (unpaired) electrons. The minimum atomic E-state index is -0.679. The van der Waals surface area contributed by atoms with E-state index in [0.29, 0.717) is 51.7 Å². The van der Waals surface area contributed by atoms with Gasteiger partial charge >= 0.3 is 0 Å². The lowest BCUT2D eigenvalue weighted by atomic mass is 10.1. The lowest BCUT2D eigenvalue weighted by Crippen LogP contribution is -2.43. The van der Waals surface area contributed by atoms with Gasteiger partial charge < -0.3 is 54.3 Å².